The van der Waals surface area contributed by atoms with Crippen LogP contribution in [0, 0.1) is 0 Å². The van der Waals surface area contributed by atoms with Crippen LogP contribution in [0.3, 0.4) is 0 Å². The van der Waals surface area contributed by atoms with Gasteiger partial charge in [0.1, 0.15) is 0 Å². The predicted molar refractivity (Wildman–Crippen MR) is 50.2 cm³/mol. The largest absolute Gasteiger partial charge is 0.336 e. The van der Waals surface area contributed by atoms with E-state index < -0.39 is 5.54 Å². The minimum absolute atomic E-state index is 0.130. The van der Waals surface area contributed by atoms with Crippen molar-refractivity contribution in [3.05, 3.63) is 0 Å². The normalized spacial score (nSPS) is 40.3. The Bertz CT molecular complexity index is 227. The number of nitrogens with zero attached hydrogens (tertiary/aromatic N) is 1. The Kier molecular flexibility index (Phi) is 2.04. The number of fused-ring (bicyclic) bond motifs is 1. The lowest BCUT2D eigenvalue weighted by atomic mass is 9.86. The summed E-state index contributed by atoms with van der Waals surface area (Å²) in [6.07, 6.45) is 1.85. The van der Waals surface area contributed by atoms with E-state index in [0.717, 1.165) is 32.5 Å². The number of nitrogens with one attached hydrogen (secondary N) is 1. The SMILES string of the molecule is CC1(N)CCC2CNCCN2C1=O. The van der Waals surface area contributed by atoms with Crippen molar-refractivity contribution in [1.82, 2.24) is 10.2 Å². The Hall–Kier alpha value is -0.610. The Morgan fingerprint density at radius 2 is 2.46 bits per heavy atom. The number of amides is 1. The average molecular weight is 183 g/mol. The molecule has 0 aromatic heterocycles. The number of piperidine rings is 1. The summed E-state index contributed by atoms with van der Waals surface area (Å²) in [7, 11) is 0. The fourth-order valence-corrected chi connectivity index (χ4v) is 2.19. The molecule has 2 atom stereocenters. The number of carbonyl (C=O) groups is 1. The van der Waals surface area contributed by atoms with Crippen molar-refractivity contribution in [3.8, 4) is 0 Å². The van der Waals surface area contributed by atoms with Gasteiger partial charge in [-0.25, -0.2) is 0 Å². The van der Waals surface area contributed by atoms with E-state index in [4.69, 9.17) is 5.73 Å². The number of carbonyl (C=O) groups excluding carboxylic acids is 1. The summed E-state index contributed by atoms with van der Waals surface area (Å²) in [4.78, 5) is 13.8. The summed E-state index contributed by atoms with van der Waals surface area (Å²) >= 11 is 0. The third-order valence-corrected chi connectivity index (χ3v) is 3.10. The third-order valence-electron chi connectivity index (χ3n) is 3.10. The highest BCUT2D eigenvalue weighted by molar-refractivity contribution is 5.86. The molecular weight excluding hydrogens is 166 g/mol. The first-order valence-corrected chi connectivity index (χ1v) is 4.92. The van der Waals surface area contributed by atoms with E-state index in [1.165, 1.54) is 0 Å². The minimum Gasteiger partial charge on any atom is -0.336 e. The topological polar surface area (TPSA) is 58.4 Å². The zero-order valence-corrected chi connectivity index (χ0v) is 8.05. The highest BCUT2D eigenvalue weighted by atomic mass is 16.2. The Morgan fingerprint density at radius 3 is 3.23 bits per heavy atom. The van der Waals surface area contributed by atoms with Crippen LogP contribution in [0.1, 0.15) is 19.8 Å². The first-order chi connectivity index (χ1) is 6.11. The molecule has 2 aliphatic heterocycles. The van der Waals surface area contributed by atoms with Crippen LogP contribution in [-0.4, -0.2) is 42.0 Å². The van der Waals surface area contributed by atoms with Crippen LogP contribution in [0.4, 0.5) is 0 Å². The predicted octanol–water partition coefficient (Wildman–Crippen LogP) is -0.702. The first kappa shape index (κ1) is 8.97. The maximum absolute atomic E-state index is 11.9. The Morgan fingerprint density at radius 1 is 1.69 bits per heavy atom. The van der Waals surface area contributed by atoms with E-state index in [2.05, 4.69) is 5.32 Å². The minimum atomic E-state index is -0.617. The number of hydrogen-bond donors (Lipinski definition) is 2. The quantitative estimate of drug-likeness (QED) is 0.522. The lowest BCUT2D eigenvalue weighted by Crippen LogP contribution is -2.65. The van der Waals surface area contributed by atoms with Gasteiger partial charge in [0, 0.05) is 25.7 Å². The molecule has 0 spiro atoms. The van der Waals surface area contributed by atoms with Crippen LogP contribution in [0.2, 0.25) is 0 Å². The fourth-order valence-electron chi connectivity index (χ4n) is 2.19. The van der Waals surface area contributed by atoms with E-state index in [-0.39, 0.29) is 5.91 Å². The van der Waals surface area contributed by atoms with Crippen LogP contribution in [0.25, 0.3) is 0 Å². The summed E-state index contributed by atoms with van der Waals surface area (Å²) < 4.78 is 0. The van der Waals surface area contributed by atoms with Crippen molar-refractivity contribution in [3.63, 3.8) is 0 Å². The smallest absolute Gasteiger partial charge is 0.242 e. The standard InChI is InChI=1S/C9H17N3O/c1-9(10)3-2-7-6-11-4-5-12(7)8(9)13/h7,11H,2-6,10H2,1H3. The van der Waals surface area contributed by atoms with Crippen LogP contribution in [-0.2, 0) is 4.79 Å². The van der Waals surface area contributed by atoms with Crippen LogP contribution < -0.4 is 11.1 Å². The summed E-state index contributed by atoms with van der Waals surface area (Å²) in [5.41, 5.74) is 5.30. The summed E-state index contributed by atoms with van der Waals surface area (Å²) in [6.45, 7) is 4.49. The van der Waals surface area contributed by atoms with Gasteiger partial charge in [-0.1, -0.05) is 0 Å². The van der Waals surface area contributed by atoms with E-state index in [1.807, 2.05) is 11.8 Å². The molecule has 2 rings (SSSR count). The number of hydrogen-bond acceptors (Lipinski definition) is 3. The van der Waals surface area contributed by atoms with Gasteiger partial charge in [0.15, 0.2) is 0 Å². The Balaban J connectivity index is 2.14. The summed E-state index contributed by atoms with van der Waals surface area (Å²) in [5, 5.41) is 3.30. The first-order valence-electron chi connectivity index (χ1n) is 4.92. The molecule has 2 fully saturated rings. The monoisotopic (exact) mass is 183 g/mol. The van der Waals surface area contributed by atoms with Gasteiger partial charge in [0.2, 0.25) is 5.91 Å². The average Bonchev–Trinajstić information content (AvgIpc) is 2.13. The van der Waals surface area contributed by atoms with Crippen LogP contribution in [0.5, 0.6) is 0 Å². The molecule has 1 amide bonds. The van der Waals surface area contributed by atoms with E-state index >= 15 is 0 Å². The van der Waals surface area contributed by atoms with Crippen LogP contribution >= 0.6 is 0 Å². The van der Waals surface area contributed by atoms with Crippen LogP contribution in [0.15, 0.2) is 0 Å². The maximum atomic E-state index is 11.9. The van der Waals surface area contributed by atoms with Gasteiger partial charge < -0.3 is 16.0 Å². The van der Waals surface area contributed by atoms with Gasteiger partial charge in [0.25, 0.3) is 0 Å². The number of rotatable bonds is 0. The molecule has 2 heterocycles. The third kappa shape index (κ3) is 1.44. The van der Waals surface area contributed by atoms with Crippen molar-refractivity contribution in [2.45, 2.75) is 31.3 Å². The molecule has 4 nitrogen and oxygen atoms in total. The molecule has 4 heteroatoms. The van der Waals surface area contributed by atoms with Gasteiger partial charge in [-0.2, -0.15) is 0 Å². The molecule has 2 saturated heterocycles. The molecule has 0 aromatic rings. The molecule has 0 aliphatic carbocycles. The molecule has 74 valence electrons. The highest BCUT2D eigenvalue weighted by Crippen LogP contribution is 2.25. The van der Waals surface area contributed by atoms with Crippen molar-refractivity contribution in [2.24, 2.45) is 5.73 Å². The van der Waals surface area contributed by atoms with Crippen molar-refractivity contribution in [2.75, 3.05) is 19.6 Å². The second-order valence-electron chi connectivity index (χ2n) is 4.31. The second kappa shape index (κ2) is 2.96. The van der Waals surface area contributed by atoms with Gasteiger partial charge in [-0.15, -0.1) is 0 Å². The summed E-state index contributed by atoms with van der Waals surface area (Å²) in [6, 6.07) is 0.387. The van der Waals surface area contributed by atoms with Gasteiger partial charge >= 0.3 is 0 Å². The zero-order chi connectivity index (χ0) is 9.47. The van der Waals surface area contributed by atoms with Gasteiger partial charge in [-0.3, -0.25) is 4.79 Å². The summed E-state index contributed by atoms with van der Waals surface area (Å²) in [5.74, 6) is 0.130. The van der Waals surface area contributed by atoms with Crippen molar-refractivity contribution in [1.29, 1.82) is 0 Å². The molecule has 0 bridgehead atoms. The second-order valence-corrected chi connectivity index (χ2v) is 4.31. The molecule has 0 aromatic carbocycles. The van der Waals surface area contributed by atoms with Gasteiger partial charge in [0.05, 0.1) is 5.54 Å². The highest BCUT2D eigenvalue weighted by Gasteiger charge is 2.41. The molecule has 2 unspecified atom stereocenters. The number of nitrogens with two attached hydrogens (primary N) is 1. The maximum Gasteiger partial charge on any atom is 0.242 e. The Labute approximate surface area is 78.5 Å². The number of piperazine rings is 1. The lowest BCUT2D eigenvalue weighted by Gasteiger charge is -2.45. The van der Waals surface area contributed by atoms with Crippen molar-refractivity contribution < 1.29 is 4.79 Å². The fraction of sp³-hybridized carbons (Fsp3) is 0.889. The van der Waals surface area contributed by atoms with E-state index in [1.54, 1.807) is 0 Å². The molecule has 13 heavy (non-hydrogen) atoms. The lowest BCUT2D eigenvalue weighted by molar-refractivity contribution is -0.143. The van der Waals surface area contributed by atoms with E-state index in [0.29, 0.717) is 6.04 Å². The molecule has 0 radical (unpaired) electrons. The van der Waals surface area contributed by atoms with Crippen molar-refractivity contribution >= 4 is 5.91 Å². The molecule has 3 N–H and O–H groups in total. The molecule has 2 aliphatic rings. The van der Waals surface area contributed by atoms with Gasteiger partial charge in [-0.05, 0) is 19.8 Å². The molecular formula is C9H17N3O. The zero-order valence-electron chi connectivity index (χ0n) is 8.05. The molecule has 0 saturated carbocycles. The van der Waals surface area contributed by atoms with E-state index in [9.17, 15) is 4.79 Å².